The Balaban J connectivity index is 2.44. The second-order valence-electron chi connectivity index (χ2n) is 4.21. The smallest absolute Gasteiger partial charge is 0.217 e. The number of nitrogens with zero attached hydrogens (tertiary/aromatic N) is 2. The molecular weight excluding hydrogens is 290 g/mol. The normalized spacial score (nSPS) is 16.1. The average Bonchev–Trinajstić information content (AvgIpc) is 2.91. The number of benzene rings is 1. The number of aliphatic hydroxyl groups excluding tert-OH is 1. The van der Waals surface area contributed by atoms with Crippen LogP contribution in [-0.4, -0.2) is 14.7 Å². The van der Waals surface area contributed by atoms with E-state index in [0.29, 0.717) is 10.6 Å². The molecule has 2 aromatic rings. The Hall–Kier alpha value is -1.10. The molecule has 0 aliphatic heterocycles. The number of aromatic nitrogens is 2. The molecular formula is C13H13Cl2FN2O. The average molecular weight is 303 g/mol. The quantitative estimate of drug-likeness (QED) is 0.928. The van der Waals surface area contributed by atoms with Crippen LogP contribution in [0.15, 0.2) is 36.9 Å². The van der Waals surface area contributed by atoms with Crippen LogP contribution in [0.5, 0.6) is 0 Å². The van der Waals surface area contributed by atoms with Crippen LogP contribution in [0.4, 0.5) is 4.39 Å². The van der Waals surface area contributed by atoms with E-state index < -0.39 is 11.9 Å². The third-order valence-corrected chi connectivity index (χ3v) is 3.67. The molecule has 2 atom stereocenters. The van der Waals surface area contributed by atoms with Gasteiger partial charge < -0.3 is 9.67 Å². The van der Waals surface area contributed by atoms with Crippen molar-refractivity contribution in [1.82, 2.24) is 9.55 Å². The van der Waals surface area contributed by atoms with Crippen LogP contribution in [0.25, 0.3) is 0 Å². The molecule has 19 heavy (non-hydrogen) atoms. The number of rotatable bonds is 4. The van der Waals surface area contributed by atoms with E-state index in [1.165, 1.54) is 35.4 Å². The van der Waals surface area contributed by atoms with E-state index in [1.54, 1.807) is 13.0 Å². The molecule has 0 spiro atoms. The van der Waals surface area contributed by atoms with Crippen LogP contribution < -0.4 is 0 Å². The highest BCUT2D eigenvalue weighted by Gasteiger charge is 2.40. The van der Waals surface area contributed by atoms with Gasteiger partial charge in [-0.05, 0) is 12.1 Å². The summed E-state index contributed by atoms with van der Waals surface area (Å²) in [4.78, 5) is 3.81. The highest BCUT2D eigenvalue weighted by atomic mass is 35.5. The van der Waals surface area contributed by atoms with Gasteiger partial charge in [-0.1, -0.05) is 36.2 Å². The van der Waals surface area contributed by atoms with Crippen LogP contribution in [0.3, 0.4) is 0 Å². The Morgan fingerprint density at radius 2 is 2.21 bits per heavy atom. The number of imidazole rings is 1. The summed E-state index contributed by atoms with van der Waals surface area (Å²) in [5.41, 5.74) is 0.295. The topological polar surface area (TPSA) is 38.0 Å². The van der Waals surface area contributed by atoms with Gasteiger partial charge >= 0.3 is 0 Å². The molecule has 2 unspecified atom stereocenters. The van der Waals surface area contributed by atoms with E-state index in [4.69, 9.17) is 23.2 Å². The summed E-state index contributed by atoms with van der Waals surface area (Å²) in [7, 11) is 0. The number of alkyl halides is 1. The van der Waals surface area contributed by atoms with Crippen molar-refractivity contribution in [2.45, 2.75) is 25.2 Å². The second kappa shape index (κ2) is 5.49. The Kier molecular flexibility index (Phi) is 4.13. The monoisotopic (exact) mass is 302 g/mol. The van der Waals surface area contributed by atoms with Gasteiger partial charge in [-0.25, -0.2) is 9.37 Å². The first-order chi connectivity index (χ1) is 8.99. The van der Waals surface area contributed by atoms with E-state index in [-0.39, 0.29) is 11.4 Å². The van der Waals surface area contributed by atoms with Crippen LogP contribution >= 0.6 is 23.2 Å². The summed E-state index contributed by atoms with van der Waals surface area (Å²) in [6.45, 7) is 1.65. The maximum Gasteiger partial charge on any atom is 0.217 e. The van der Waals surface area contributed by atoms with Crippen molar-refractivity contribution in [3.63, 3.8) is 0 Å². The zero-order valence-corrected chi connectivity index (χ0v) is 11.7. The number of hydrogen-bond donors (Lipinski definition) is 1. The molecule has 0 fully saturated rings. The molecule has 0 aliphatic rings. The fourth-order valence-corrected chi connectivity index (χ4v) is 2.47. The molecule has 0 saturated carbocycles. The first-order valence-corrected chi connectivity index (χ1v) is 6.55. The molecule has 102 valence electrons. The van der Waals surface area contributed by atoms with E-state index in [0.717, 1.165) is 0 Å². The largest absolute Gasteiger partial charge is 0.383 e. The lowest BCUT2D eigenvalue weighted by Crippen LogP contribution is -2.34. The molecule has 0 bridgehead atoms. The van der Waals surface area contributed by atoms with Crippen LogP contribution in [0.2, 0.25) is 10.0 Å². The van der Waals surface area contributed by atoms with Gasteiger partial charge in [0.1, 0.15) is 6.10 Å². The summed E-state index contributed by atoms with van der Waals surface area (Å²) < 4.78 is 16.3. The molecule has 1 aromatic heterocycles. The number of aliphatic hydroxyl groups is 1. The zero-order chi connectivity index (χ0) is 14.0. The molecule has 0 amide bonds. The van der Waals surface area contributed by atoms with Crippen LogP contribution in [0.1, 0.15) is 25.0 Å². The first-order valence-electron chi connectivity index (χ1n) is 5.79. The van der Waals surface area contributed by atoms with Gasteiger partial charge in [0.15, 0.2) is 0 Å². The summed E-state index contributed by atoms with van der Waals surface area (Å²) >= 11 is 11.8. The molecule has 2 rings (SSSR count). The fourth-order valence-electron chi connectivity index (χ4n) is 1.96. The van der Waals surface area contributed by atoms with E-state index in [9.17, 15) is 5.11 Å². The van der Waals surface area contributed by atoms with Gasteiger partial charge in [-0.15, -0.1) is 0 Å². The highest BCUT2D eigenvalue weighted by molar-refractivity contribution is 6.35. The van der Waals surface area contributed by atoms with Crippen molar-refractivity contribution in [2.24, 2.45) is 0 Å². The highest BCUT2D eigenvalue weighted by Crippen LogP contribution is 2.40. The predicted molar refractivity (Wildman–Crippen MR) is 73.0 cm³/mol. The predicted octanol–water partition coefficient (Wildman–Crippen LogP) is 3.96. The lowest BCUT2D eigenvalue weighted by atomic mass is 9.97. The molecule has 6 heteroatoms. The van der Waals surface area contributed by atoms with Crippen molar-refractivity contribution in [3.8, 4) is 0 Å². The van der Waals surface area contributed by atoms with Gasteiger partial charge in [0.25, 0.3) is 0 Å². The summed E-state index contributed by atoms with van der Waals surface area (Å²) in [6, 6.07) is 4.57. The standard InChI is InChI=1S/C13H13Cl2FN2O/c1-2-13(16,18-6-5-17-8-18)12(19)10-4-3-9(14)7-11(10)15/h3-8,12,19H,2H2,1H3. The van der Waals surface area contributed by atoms with Gasteiger partial charge in [-0.3, -0.25) is 0 Å². The molecule has 0 aliphatic carbocycles. The van der Waals surface area contributed by atoms with Gasteiger partial charge in [0, 0.05) is 34.4 Å². The Morgan fingerprint density at radius 3 is 2.74 bits per heavy atom. The first kappa shape index (κ1) is 14.3. The summed E-state index contributed by atoms with van der Waals surface area (Å²) in [5.74, 6) is -2.01. The summed E-state index contributed by atoms with van der Waals surface area (Å²) in [5, 5.41) is 11.0. The third-order valence-electron chi connectivity index (χ3n) is 3.11. The lowest BCUT2D eigenvalue weighted by Gasteiger charge is -2.31. The van der Waals surface area contributed by atoms with E-state index in [2.05, 4.69) is 4.98 Å². The van der Waals surface area contributed by atoms with E-state index >= 15 is 4.39 Å². The minimum absolute atomic E-state index is 0.0729. The Labute approximate surface area is 120 Å². The Morgan fingerprint density at radius 1 is 1.47 bits per heavy atom. The maximum absolute atomic E-state index is 15.0. The molecule has 0 saturated heterocycles. The second-order valence-corrected chi connectivity index (χ2v) is 5.05. The van der Waals surface area contributed by atoms with Crippen molar-refractivity contribution in [3.05, 3.63) is 52.5 Å². The van der Waals surface area contributed by atoms with Crippen LogP contribution in [0, 0.1) is 0 Å². The molecule has 1 aromatic carbocycles. The SMILES string of the molecule is CCC(F)(C(O)c1ccc(Cl)cc1Cl)n1ccnc1. The fraction of sp³-hybridized carbons (Fsp3) is 0.308. The molecule has 1 heterocycles. The van der Waals surface area contributed by atoms with E-state index in [1.807, 2.05) is 0 Å². The number of hydrogen-bond acceptors (Lipinski definition) is 2. The molecule has 0 radical (unpaired) electrons. The number of halogens is 3. The van der Waals surface area contributed by atoms with Crippen molar-refractivity contribution in [2.75, 3.05) is 0 Å². The molecule has 3 nitrogen and oxygen atoms in total. The van der Waals surface area contributed by atoms with Gasteiger partial charge in [0.2, 0.25) is 5.79 Å². The van der Waals surface area contributed by atoms with Gasteiger partial charge in [0.05, 0.1) is 6.33 Å². The maximum atomic E-state index is 15.0. The van der Waals surface area contributed by atoms with Crippen molar-refractivity contribution >= 4 is 23.2 Å². The third kappa shape index (κ3) is 2.61. The van der Waals surface area contributed by atoms with Crippen LogP contribution in [-0.2, 0) is 5.79 Å². The minimum atomic E-state index is -2.01. The Bertz CT molecular complexity index is 562. The van der Waals surface area contributed by atoms with Crippen molar-refractivity contribution < 1.29 is 9.50 Å². The molecule has 1 N–H and O–H groups in total. The zero-order valence-electron chi connectivity index (χ0n) is 10.2. The lowest BCUT2D eigenvalue weighted by molar-refractivity contribution is -0.0742. The van der Waals surface area contributed by atoms with Gasteiger partial charge in [-0.2, -0.15) is 0 Å². The minimum Gasteiger partial charge on any atom is -0.383 e. The summed E-state index contributed by atoms with van der Waals surface area (Å²) in [6.07, 6.45) is 2.92. The van der Waals surface area contributed by atoms with Crippen molar-refractivity contribution in [1.29, 1.82) is 0 Å².